The Bertz CT molecular complexity index is 1200. The third kappa shape index (κ3) is 5.04. The zero-order chi connectivity index (χ0) is 23.4. The van der Waals surface area contributed by atoms with Gasteiger partial charge in [0.1, 0.15) is 15.8 Å². The number of nitrogens with zero attached hydrogens (tertiary/aromatic N) is 3. The number of thioether (sulfide) groups is 1. The van der Waals surface area contributed by atoms with Gasteiger partial charge in [-0.05, 0) is 62.2 Å². The molecule has 1 amide bonds. The van der Waals surface area contributed by atoms with E-state index in [1.54, 1.807) is 4.90 Å². The quantitative estimate of drug-likeness (QED) is 0.218. The molecule has 33 heavy (non-hydrogen) atoms. The van der Waals surface area contributed by atoms with Gasteiger partial charge in [-0.2, -0.15) is 5.10 Å². The molecule has 1 saturated heterocycles. The Morgan fingerprint density at radius 1 is 1.15 bits per heavy atom. The summed E-state index contributed by atoms with van der Waals surface area (Å²) in [6.07, 6.45) is 5.99. The van der Waals surface area contributed by atoms with E-state index < -0.39 is 0 Å². The van der Waals surface area contributed by atoms with Crippen LogP contribution in [0.15, 0.2) is 59.6 Å². The number of aromatic nitrogens is 2. The second-order valence-corrected chi connectivity index (χ2v) is 9.50. The topological polar surface area (TPSA) is 47.4 Å². The number of aryl methyl sites for hydroxylation is 1. The number of carbonyl (C=O) groups excluding carboxylic acids is 1. The maximum absolute atomic E-state index is 12.8. The van der Waals surface area contributed by atoms with E-state index >= 15 is 0 Å². The Kier molecular flexibility index (Phi) is 7.30. The van der Waals surface area contributed by atoms with Gasteiger partial charge in [-0.25, -0.2) is 4.68 Å². The summed E-state index contributed by atoms with van der Waals surface area (Å²) >= 11 is 6.72. The Morgan fingerprint density at radius 3 is 2.61 bits per heavy atom. The molecular formula is C26H27N3O2S2. The van der Waals surface area contributed by atoms with Crippen LogP contribution in [0.2, 0.25) is 0 Å². The van der Waals surface area contributed by atoms with Gasteiger partial charge < -0.3 is 4.74 Å². The Hall–Kier alpha value is -2.90. The Labute approximate surface area is 204 Å². The first-order valence-corrected chi connectivity index (χ1v) is 12.4. The molecule has 0 unspecified atom stereocenters. The fourth-order valence-electron chi connectivity index (χ4n) is 3.63. The monoisotopic (exact) mass is 477 g/mol. The van der Waals surface area contributed by atoms with Gasteiger partial charge in [0.25, 0.3) is 5.91 Å². The molecule has 3 aromatic rings. The lowest BCUT2D eigenvalue weighted by molar-refractivity contribution is -0.121. The molecule has 170 valence electrons. The Morgan fingerprint density at radius 2 is 1.94 bits per heavy atom. The minimum absolute atomic E-state index is 0.0539. The summed E-state index contributed by atoms with van der Waals surface area (Å²) in [5.74, 6) is 0.835. The molecular weight excluding hydrogens is 450 g/mol. The number of hydrogen-bond donors (Lipinski definition) is 0. The number of para-hydroxylation sites is 1. The van der Waals surface area contributed by atoms with Crippen molar-refractivity contribution in [2.45, 2.75) is 33.6 Å². The standard InChI is InChI=1S/C26H27N3O2S2/c1-4-6-14-31-22-13-12-19(15-18(22)3)24-20(16-23-25(30)28(5-2)26(32)33-23)17-29(27-24)21-10-8-7-9-11-21/h7-13,15-17H,4-6,14H2,1-3H3/b23-16-. The van der Waals surface area contributed by atoms with E-state index in [1.165, 1.54) is 11.8 Å². The summed E-state index contributed by atoms with van der Waals surface area (Å²) in [6, 6.07) is 16.1. The van der Waals surface area contributed by atoms with Gasteiger partial charge in [-0.3, -0.25) is 9.69 Å². The number of carbonyl (C=O) groups is 1. The molecule has 0 atom stereocenters. The number of unbranched alkanes of at least 4 members (excludes halogenated alkanes) is 1. The summed E-state index contributed by atoms with van der Waals surface area (Å²) in [6.45, 7) is 7.41. The largest absolute Gasteiger partial charge is 0.493 e. The van der Waals surface area contributed by atoms with Crippen molar-refractivity contribution < 1.29 is 9.53 Å². The molecule has 0 radical (unpaired) electrons. The maximum Gasteiger partial charge on any atom is 0.266 e. The fourth-order valence-corrected chi connectivity index (χ4v) is 5.00. The van der Waals surface area contributed by atoms with Crippen LogP contribution >= 0.6 is 24.0 Å². The van der Waals surface area contributed by atoms with Crippen molar-refractivity contribution in [3.8, 4) is 22.7 Å². The zero-order valence-corrected chi connectivity index (χ0v) is 20.7. The summed E-state index contributed by atoms with van der Waals surface area (Å²) < 4.78 is 8.37. The molecule has 4 rings (SSSR count). The van der Waals surface area contributed by atoms with Crippen molar-refractivity contribution in [2.24, 2.45) is 0 Å². The summed E-state index contributed by atoms with van der Waals surface area (Å²) in [4.78, 5) is 15.0. The van der Waals surface area contributed by atoms with E-state index in [-0.39, 0.29) is 5.91 Å². The molecule has 1 fully saturated rings. The lowest BCUT2D eigenvalue weighted by Crippen LogP contribution is -2.27. The average molecular weight is 478 g/mol. The van der Waals surface area contributed by atoms with E-state index in [9.17, 15) is 4.79 Å². The first kappa shape index (κ1) is 23.3. The predicted molar refractivity (Wildman–Crippen MR) is 140 cm³/mol. The van der Waals surface area contributed by atoms with E-state index in [1.807, 2.05) is 73.3 Å². The molecule has 0 bridgehead atoms. The second kappa shape index (κ2) is 10.4. The smallest absolute Gasteiger partial charge is 0.266 e. The van der Waals surface area contributed by atoms with Crippen LogP contribution in [0.4, 0.5) is 0 Å². The molecule has 2 heterocycles. The number of likely N-dealkylation sites (N-methyl/N-ethyl adjacent to an activating group) is 1. The van der Waals surface area contributed by atoms with Crippen molar-refractivity contribution in [3.63, 3.8) is 0 Å². The Balaban J connectivity index is 1.75. The molecule has 0 spiro atoms. The molecule has 7 heteroatoms. The minimum atomic E-state index is -0.0539. The van der Waals surface area contributed by atoms with Crippen LogP contribution in [-0.2, 0) is 4.79 Å². The number of amides is 1. The molecule has 0 saturated carbocycles. The first-order valence-electron chi connectivity index (χ1n) is 11.2. The van der Waals surface area contributed by atoms with Crippen LogP contribution in [0.1, 0.15) is 37.8 Å². The summed E-state index contributed by atoms with van der Waals surface area (Å²) in [5, 5.41) is 4.89. The minimum Gasteiger partial charge on any atom is -0.493 e. The van der Waals surface area contributed by atoms with E-state index in [0.717, 1.165) is 46.7 Å². The molecule has 0 N–H and O–H groups in total. The SMILES string of the molecule is CCCCOc1ccc(-c2nn(-c3ccccc3)cc2/C=C2\SC(=S)N(CC)C2=O)cc1C. The number of rotatable bonds is 8. The van der Waals surface area contributed by atoms with Gasteiger partial charge in [0.2, 0.25) is 0 Å². The van der Waals surface area contributed by atoms with Crippen molar-refractivity contribution in [2.75, 3.05) is 13.2 Å². The molecule has 1 aliphatic heterocycles. The van der Waals surface area contributed by atoms with Crippen LogP contribution in [0.5, 0.6) is 5.75 Å². The highest BCUT2D eigenvalue weighted by atomic mass is 32.2. The van der Waals surface area contributed by atoms with Gasteiger partial charge in [0.05, 0.1) is 17.2 Å². The zero-order valence-electron chi connectivity index (χ0n) is 19.1. The van der Waals surface area contributed by atoms with Gasteiger partial charge in [0, 0.05) is 23.9 Å². The third-order valence-corrected chi connectivity index (χ3v) is 6.82. The molecule has 1 aromatic heterocycles. The van der Waals surface area contributed by atoms with Gasteiger partial charge in [-0.15, -0.1) is 0 Å². The molecule has 5 nitrogen and oxygen atoms in total. The van der Waals surface area contributed by atoms with Crippen LogP contribution in [-0.4, -0.2) is 38.1 Å². The van der Waals surface area contributed by atoms with Gasteiger partial charge in [0.15, 0.2) is 0 Å². The third-order valence-electron chi connectivity index (χ3n) is 5.44. The highest BCUT2D eigenvalue weighted by Gasteiger charge is 2.31. The predicted octanol–water partition coefficient (Wildman–Crippen LogP) is 6.25. The summed E-state index contributed by atoms with van der Waals surface area (Å²) in [5.41, 5.74) is 4.66. The number of thiocarbonyl (C=S) groups is 1. The maximum atomic E-state index is 12.8. The van der Waals surface area contributed by atoms with Crippen molar-refractivity contribution >= 4 is 40.3 Å². The first-order chi connectivity index (χ1) is 16.0. The van der Waals surface area contributed by atoms with E-state index in [0.29, 0.717) is 22.4 Å². The number of benzene rings is 2. The van der Waals surface area contributed by atoms with Crippen LogP contribution in [0.25, 0.3) is 23.0 Å². The molecule has 0 aliphatic carbocycles. The lowest BCUT2D eigenvalue weighted by Gasteiger charge is -2.10. The number of ether oxygens (including phenoxy) is 1. The van der Waals surface area contributed by atoms with Crippen LogP contribution in [0.3, 0.4) is 0 Å². The second-order valence-electron chi connectivity index (χ2n) is 7.82. The van der Waals surface area contributed by atoms with E-state index in [4.69, 9.17) is 22.1 Å². The van der Waals surface area contributed by atoms with Gasteiger partial charge >= 0.3 is 0 Å². The van der Waals surface area contributed by atoms with Crippen LogP contribution < -0.4 is 4.74 Å². The van der Waals surface area contributed by atoms with Crippen molar-refractivity contribution in [1.29, 1.82) is 0 Å². The fraction of sp³-hybridized carbons (Fsp3) is 0.269. The van der Waals surface area contributed by atoms with Crippen molar-refractivity contribution in [1.82, 2.24) is 14.7 Å². The summed E-state index contributed by atoms with van der Waals surface area (Å²) in [7, 11) is 0. The van der Waals surface area contributed by atoms with Crippen molar-refractivity contribution in [3.05, 3.63) is 70.8 Å². The number of hydrogen-bond acceptors (Lipinski definition) is 5. The highest BCUT2D eigenvalue weighted by Crippen LogP contribution is 2.35. The highest BCUT2D eigenvalue weighted by molar-refractivity contribution is 8.26. The molecule has 1 aliphatic rings. The molecule has 2 aromatic carbocycles. The lowest BCUT2D eigenvalue weighted by atomic mass is 10.0. The van der Waals surface area contributed by atoms with Gasteiger partial charge in [-0.1, -0.05) is 55.5 Å². The van der Waals surface area contributed by atoms with E-state index in [2.05, 4.69) is 13.0 Å². The average Bonchev–Trinajstić information content (AvgIpc) is 3.36. The van der Waals surface area contributed by atoms with Crippen LogP contribution in [0, 0.1) is 6.92 Å². The normalized spacial score (nSPS) is 15.0.